The van der Waals surface area contributed by atoms with Crippen molar-refractivity contribution in [2.45, 2.75) is 0 Å². The van der Waals surface area contributed by atoms with E-state index in [0.717, 1.165) is 7.11 Å². The molecule has 0 amide bonds. The van der Waals surface area contributed by atoms with Crippen molar-refractivity contribution in [3.63, 3.8) is 0 Å². The maximum absolute atomic E-state index is 10.6. The lowest BCUT2D eigenvalue weighted by Gasteiger charge is -2.08. The van der Waals surface area contributed by atoms with Crippen molar-refractivity contribution < 1.29 is 28.2 Å². The van der Waals surface area contributed by atoms with Crippen LogP contribution in [0.3, 0.4) is 0 Å². The van der Waals surface area contributed by atoms with Gasteiger partial charge in [0.05, 0.1) is 0 Å². The van der Waals surface area contributed by atoms with E-state index in [-0.39, 0.29) is 0 Å². The Labute approximate surface area is 63.2 Å². The van der Waals surface area contributed by atoms with Crippen molar-refractivity contribution in [3.05, 3.63) is 0 Å². The van der Waals surface area contributed by atoms with Gasteiger partial charge in [-0.3, -0.25) is 13.9 Å². The van der Waals surface area contributed by atoms with E-state index in [4.69, 9.17) is 9.79 Å². The van der Waals surface area contributed by atoms with Gasteiger partial charge in [0.2, 0.25) is 0 Å². The molecule has 0 aromatic heterocycles. The Morgan fingerprint density at radius 2 is 1.73 bits per heavy atom. The van der Waals surface area contributed by atoms with Crippen LogP contribution < -0.4 is 0 Å². The zero-order valence-electron chi connectivity index (χ0n) is 5.92. The number of carbonyl (C=O) groups is 1. The summed E-state index contributed by atoms with van der Waals surface area (Å²) in [6.45, 7) is 0.678. The molecule has 0 spiro atoms. The van der Waals surface area contributed by atoms with Gasteiger partial charge < -0.3 is 14.3 Å². The van der Waals surface area contributed by atoms with Gasteiger partial charge in [-0.2, -0.15) is 0 Å². The number of hydrogen-bond donors (Lipinski definition) is 2. The van der Waals surface area contributed by atoms with E-state index in [0.29, 0.717) is 6.66 Å². The van der Waals surface area contributed by atoms with Crippen LogP contribution in [0.25, 0.3) is 0 Å². The van der Waals surface area contributed by atoms with E-state index in [1.165, 1.54) is 0 Å². The first-order chi connectivity index (χ1) is 4.72. The molecule has 66 valence electrons. The van der Waals surface area contributed by atoms with E-state index in [1.54, 1.807) is 0 Å². The van der Waals surface area contributed by atoms with Crippen LogP contribution in [-0.4, -0.2) is 28.8 Å². The van der Waals surface area contributed by atoms with E-state index >= 15 is 0 Å². The lowest BCUT2D eigenvalue weighted by atomic mass is 11.8. The second-order valence-electron chi connectivity index (χ2n) is 1.86. The first-order valence-electron chi connectivity index (χ1n) is 2.45. The van der Waals surface area contributed by atoms with Gasteiger partial charge >= 0.3 is 12.9 Å². The number of rotatable bonds is 3. The molecule has 2 N–H and O–H groups in total. The lowest BCUT2D eigenvalue weighted by molar-refractivity contribution is 0.255. The minimum Gasteiger partial charge on any atom is -0.339 e. The summed E-state index contributed by atoms with van der Waals surface area (Å²) in [6.07, 6.45) is 0. The highest BCUT2D eigenvalue weighted by molar-refractivity contribution is 7.99. The van der Waals surface area contributed by atoms with Crippen LogP contribution in [0.1, 0.15) is 0 Å². The highest BCUT2D eigenvalue weighted by Crippen LogP contribution is 2.57. The average Bonchev–Trinajstić information content (AvgIpc) is 1.84. The third-order valence-electron chi connectivity index (χ3n) is 0.844. The largest absolute Gasteiger partial charge is 0.404 e. The smallest absolute Gasteiger partial charge is 0.339 e. The SMILES string of the molecule is COP(=O)(O)C(=O)P(C)(=O)O. The molecule has 0 aliphatic rings. The summed E-state index contributed by atoms with van der Waals surface area (Å²) < 4.78 is 25.0. The number of hydrogen-bond acceptors (Lipinski definition) is 4. The van der Waals surface area contributed by atoms with Crippen LogP contribution in [0.2, 0.25) is 0 Å². The Morgan fingerprint density at radius 3 is 1.82 bits per heavy atom. The Bertz CT molecular complexity index is 251. The Kier molecular flexibility index (Phi) is 3.17. The fourth-order valence-electron chi connectivity index (χ4n) is 0.313. The van der Waals surface area contributed by atoms with Gasteiger partial charge in [0, 0.05) is 13.8 Å². The Hall–Kier alpha value is 0.01000. The van der Waals surface area contributed by atoms with Crippen LogP contribution in [0.15, 0.2) is 0 Å². The topological polar surface area (TPSA) is 101 Å². The molecule has 0 bridgehead atoms. The molecule has 0 aromatic carbocycles. The minimum atomic E-state index is -4.54. The average molecular weight is 202 g/mol. The van der Waals surface area contributed by atoms with E-state index in [1.807, 2.05) is 0 Å². The van der Waals surface area contributed by atoms with Gasteiger partial charge in [0.15, 0.2) is 0 Å². The maximum atomic E-state index is 10.6. The summed E-state index contributed by atoms with van der Waals surface area (Å²) in [5.74, 6) is 0. The second-order valence-corrected chi connectivity index (χ2v) is 6.19. The zero-order chi connectivity index (χ0) is 9.28. The van der Waals surface area contributed by atoms with Gasteiger partial charge in [0.25, 0.3) is 7.37 Å². The molecule has 0 rings (SSSR count). The fraction of sp³-hybridized carbons (Fsp3) is 0.667. The minimum absolute atomic E-state index is 0.678. The summed E-state index contributed by atoms with van der Waals surface area (Å²) in [5, 5.41) is -1.65. The van der Waals surface area contributed by atoms with Crippen LogP contribution in [-0.2, 0) is 13.7 Å². The molecule has 0 saturated carbocycles. The highest BCUT2D eigenvalue weighted by Gasteiger charge is 2.40. The molecule has 0 saturated heterocycles. The molecule has 2 unspecified atom stereocenters. The summed E-state index contributed by atoms with van der Waals surface area (Å²) in [7, 11) is -7.90. The zero-order valence-corrected chi connectivity index (χ0v) is 7.71. The molecular weight excluding hydrogens is 194 g/mol. The van der Waals surface area contributed by atoms with Gasteiger partial charge in [-0.05, 0) is 0 Å². The monoisotopic (exact) mass is 202 g/mol. The maximum Gasteiger partial charge on any atom is 0.404 e. The molecule has 11 heavy (non-hydrogen) atoms. The van der Waals surface area contributed by atoms with Gasteiger partial charge in [-0.15, -0.1) is 0 Å². The molecular formula is C3H8O6P2. The van der Waals surface area contributed by atoms with Crippen molar-refractivity contribution in [1.82, 2.24) is 0 Å². The van der Waals surface area contributed by atoms with Crippen LogP contribution >= 0.6 is 15.0 Å². The summed E-state index contributed by atoms with van der Waals surface area (Å²) in [6, 6.07) is 0. The van der Waals surface area contributed by atoms with E-state index in [9.17, 15) is 13.9 Å². The predicted octanol–water partition coefficient (Wildman–Crippen LogP) is 0.838. The van der Waals surface area contributed by atoms with Crippen LogP contribution in [0.5, 0.6) is 0 Å². The molecule has 8 heteroatoms. The summed E-state index contributed by atoms with van der Waals surface area (Å²) >= 11 is 0. The molecule has 0 aromatic rings. The first kappa shape index (κ1) is 11.0. The normalized spacial score (nSPS) is 21.8. The van der Waals surface area contributed by atoms with Gasteiger partial charge in [-0.25, -0.2) is 0 Å². The summed E-state index contributed by atoms with van der Waals surface area (Å²) in [4.78, 5) is 27.7. The molecule has 0 radical (unpaired) electrons. The molecule has 2 atom stereocenters. The first-order valence-corrected chi connectivity index (χ1v) is 6.14. The Balaban J connectivity index is 4.80. The van der Waals surface area contributed by atoms with E-state index < -0.39 is 20.2 Å². The third kappa shape index (κ3) is 2.85. The van der Waals surface area contributed by atoms with Crippen LogP contribution in [0.4, 0.5) is 4.79 Å². The van der Waals surface area contributed by atoms with Crippen molar-refractivity contribution in [2.75, 3.05) is 13.8 Å². The standard InChI is InChI=1S/C3H8O6P2/c1-9-11(7,8)3(4)10(2,5)6/h1-2H3,(H,5,6)(H,7,8). The van der Waals surface area contributed by atoms with Crippen molar-refractivity contribution in [3.8, 4) is 0 Å². The van der Waals surface area contributed by atoms with Crippen molar-refractivity contribution in [2.24, 2.45) is 0 Å². The lowest BCUT2D eigenvalue weighted by Crippen LogP contribution is -1.98. The molecule has 0 aliphatic carbocycles. The third-order valence-corrected chi connectivity index (χ3v) is 4.40. The quantitative estimate of drug-likeness (QED) is 0.657. The van der Waals surface area contributed by atoms with Crippen molar-refractivity contribution in [1.29, 1.82) is 0 Å². The fourth-order valence-corrected chi connectivity index (χ4v) is 2.59. The van der Waals surface area contributed by atoms with Crippen molar-refractivity contribution >= 4 is 20.2 Å². The van der Waals surface area contributed by atoms with Crippen LogP contribution in [0, 0.1) is 0 Å². The van der Waals surface area contributed by atoms with Gasteiger partial charge in [-0.1, -0.05) is 0 Å². The highest BCUT2D eigenvalue weighted by atomic mass is 31.2. The Morgan fingerprint density at radius 1 is 1.36 bits per heavy atom. The molecule has 0 fully saturated rings. The van der Waals surface area contributed by atoms with Gasteiger partial charge in [0.1, 0.15) is 0 Å². The molecule has 6 nitrogen and oxygen atoms in total. The second kappa shape index (κ2) is 3.17. The number of carbonyl (C=O) groups excluding carboxylic acids is 1. The predicted molar refractivity (Wildman–Crippen MR) is 38.0 cm³/mol. The summed E-state index contributed by atoms with van der Waals surface area (Å²) in [5.41, 5.74) is 0. The van der Waals surface area contributed by atoms with E-state index in [2.05, 4.69) is 4.52 Å². The molecule has 0 aliphatic heterocycles. The molecule has 0 heterocycles.